The Morgan fingerprint density at radius 2 is 2.03 bits per heavy atom. The number of rotatable bonds is 7. The molecular weight excluding hydrogens is 449 g/mol. The van der Waals surface area contributed by atoms with Crippen LogP contribution in [0.2, 0.25) is 5.02 Å². The van der Waals surface area contributed by atoms with Crippen LogP contribution in [0.15, 0.2) is 41.0 Å². The third-order valence-electron chi connectivity index (χ3n) is 4.49. The van der Waals surface area contributed by atoms with Gasteiger partial charge < -0.3 is 22.1 Å². The lowest BCUT2D eigenvalue weighted by molar-refractivity contribution is -0.114. The number of halogens is 4. The van der Waals surface area contributed by atoms with E-state index >= 15 is 0 Å². The lowest BCUT2D eigenvalue weighted by Crippen LogP contribution is -2.47. The summed E-state index contributed by atoms with van der Waals surface area (Å²) in [5.74, 6) is -0.740. The fourth-order valence-electron chi connectivity index (χ4n) is 2.96. The SMILES string of the molecule is Cc1c(Cl)cccc1-c1cc(NCCNC2N=C(C(F)(F)F)C(C(N)=O)=CN2)nc(N)n1. The van der Waals surface area contributed by atoms with Gasteiger partial charge in [0, 0.05) is 35.9 Å². The molecule has 170 valence electrons. The molecule has 1 atom stereocenters. The van der Waals surface area contributed by atoms with Crippen LogP contribution in [0.25, 0.3) is 11.3 Å². The highest BCUT2D eigenvalue weighted by Crippen LogP contribution is 2.28. The van der Waals surface area contributed by atoms with Crippen LogP contribution in [0.5, 0.6) is 0 Å². The Kier molecular flexibility index (Phi) is 6.84. The number of hydrogen-bond donors (Lipinski definition) is 5. The van der Waals surface area contributed by atoms with Gasteiger partial charge in [-0.1, -0.05) is 23.7 Å². The average Bonchev–Trinajstić information content (AvgIpc) is 2.72. The van der Waals surface area contributed by atoms with E-state index in [2.05, 4.69) is 30.9 Å². The number of nitrogen functional groups attached to an aromatic ring is 1. The van der Waals surface area contributed by atoms with Gasteiger partial charge >= 0.3 is 6.18 Å². The molecule has 7 N–H and O–H groups in total. The predicted molar refractivity (Wildman–Crippen MR) is 116 cm³/mol. The van der Waals surface area contributed by atoms with Gasteiger partial charge in [0.15, 0.2) is 12.0 Å². The first-order valence-electron chi connectivity index (χ1n) is 9.35. The zero-order valence-electron chi connectivity index (χ0n) is 16.8. The van der Waals surface area contributed by atoms with E-state index in [4.69, 9.17) is 23.1 Å². The number of nitrogens with one attached hydrogen (secondary N) is 3. The fraction of sp³-hybridized carbons (Fsp3) is 0.263. The maximum Gasteiger partial charge on any atom is 0.433 e. The van der Waals surface area contributed by atoms with Gasteiger partial charge in [-0.3, -0.25) is 10.1 Å². The van der Waals surface area contributed by atoms with Gasteiger partial charge in [0.25, 0.3) is 5.91 Å². The number of nitrogens with two attached hydrogens (primary N) is 2. The van der Waals surface area contributed by atoms with Gasteiger partial charge in [-0.15, -0.1) is 0 Å². The lowest BCUT2D eigenvalue weighted by Gasteiger charge is -2.23. The molecule has 0 fully saturated rings. The highest BCUT2D eigenvalue weighted by Gasteiger charge is 2.41. The first kappa shape index (κ1) is 23.3. The Balaban J connectivity index is 1.63. The molecule has 0 aliphatic carbocycles. The molecule has 9 nitrogen and oxygen atoms in total. The van der Waals surface area contributed by atoms with Gasteiger partial charge in [-0.25, -0.2) is 9.98 Å². The first-order chi connectivity index (χ1) is 15.1. The number of hydrogen-bond acceptors (Lipinski definition) is 8. The van der Waals surface area contributed by atoms with Crippen molar-refractivity contribution in [2.75, 3.05) is 24.1 Å². The van der Waals surface area contributed by atoms with E-state index in [1.54, 1.807) is 18.2 Å². The monoisotopic (exact) mass is 468 g/mol. The highest BCUT2D eigenvalue weighted by molar-refractivity contribution is 6.31. The molecule has 1 amide bonds. The van der Waals surface area contributed by atoms with Crippen molar-refractivity contribution in [2.24, 2.45) is 10.7 Å². The summed E-state index contributed by atoms with van der Waals surface area (Å²) in [5.41, 5.74) is 10.9. The Morgan fingerprint density at radius 1 is 1.28 bits per heavy atom. The third kappa shape index (κ3) is 5.45. The van der Waals surface area contributed by atoms with Crippen molar-refractivity contribution >= 4 is 35.0 Å². The standard InChI is InChI=1S/C19H20ClF3N8O/c1-9-10(3-2-4-12(9)20)13-7-14(30-17(25)29-13)26-5-6-27-18-28-8-11(16(24)32)15(31-18)19(21,22)23/h2-4,7-8,18,27-28H,5-6H2,1H3,(H2,24,32)(H3,25,26,29,30). The second-order valence-corrected chi connectivity index (χ2v) is 7.16. The Hall–Kier alpha value is -3.38. The number of benzene rings is 1. The van der Waals surface area contributed by atoms with Crippen LogP contribution in [0.3, 0.4) is 0 Å². The van der Waals surface area contributed by atoms with E-state index in [-0.39, 0.29) is 19.0 Å². The Labute approximate surface area is 186 Å². The van der Waals surface area contributed by atoms with Crippen molar-refractivity contribution in [3.8, 4) is 11.3 Å². The van der Waals surface area contributed by atoms with Crippen LogP contribution < -0.4 is 27.4 Å². The van der Waals surface area contributed by atoms with Crippen molar-refractivity contribution in [3.63, 3.8) is 0 Å². The molecular formula is C19H20ClF3N8O. The molecule has 3 rings (SSSR count). The number of alkyl halides is 3. The van der Waals surface area contributed by atoms with Crippen molar-refractivity contribution < 1.29 is 18.0 Å². The van der Waals surface area contributed by atoms with Crippen molar-refractivity contribution in [1.29, 1.82) is 0 Å². The lowest BCUT2D eigenvalue weighted by atomic mass is 10.1. The van der Waals surface area contributed by atoms with Gasteiger partial charge in [0.1, 0.15) is 5.82 Å². The predicted octanol–water partition coefficient (Wildman–Crippen LogP) is 1.95. The van der Waals surface area contributed by atoms with Crippen LogP contribution in [0, 0.1) is 6.92 Å². The molecule has 1 aliphatic heterocycles. The number of nitrogens with zero attached hydrogens (tertiary/aromatic N) is 3. The van der Waals surface area contributed by atoms with Gasteiger partial charge in [-0.05, 0) is 18.6 Å². The highest BCUT2D eigenvalue weighted by atomic mass is 35.5. The van der Waals surface area contributed by atoms with Crippen molar-refractivity contribution in [1.82, 2.24) is 20.6 Å². The topological polar surface area (TPSA) is 143 Å². The first-order valence-corrected chi connectivity index (χ1v) is 9.72. The van der Waals surface area contributed by atoms with Crippen LogP contribution >= 0.6 is 11.6 Å². The summed E-state index contributed by atoms with van der Waals surface area (Å²) in [5, 5.41) is 8.95. The van der Waals surface area contributed by atoms with Crippen molar-refractivity contribution in [2.45, 2.75) is 19.4 Å². The maximum absolute atomic E-state index is 13.1. The minimum atomic E-state index is -4.81. The summed E-state index contributed by atoms with van der Waals surface area (Å²) >= 11 is 6.17. The molecule has 0 saturated heterocycles. The van der Waals surface area contributed by atoms with E-state index in [0.29, 0.717) is 16.5 Å². The van der Waals surface area contributed by atoms with E-state index in [0.717, 1.165) is 17.3 Å². The molecule has 0 saturated carbocycles. The summed E-state index contributed by atoms with van der Waals surface area (Å²) in [7, 11) is 0. The quantitative estimate of drug-likeness (QED) is 0.391. The third-order valence-corrected chi connectivity index (χ3v) is 4.90. The molecule has 0 spiro atoms. The van der Waals surface area contributed by atoms with Crippen molar-refractivity contribution in [3.05, 3.63) is 46.6 Å². The number of aromatic nitrogens is 2. The number of primary amides is 1. The molecule has 2 aromatic rings. The van der Waals surface area contributed by atoms with Crippen LogP contribution in [0.1, 0.15) is 5.56 Å². The molecule has 1 unspecified atom stereocenters. The second kappa shape index (κ2) is 9.40. The van der Waals surface area contributed by atoms with E-state index < -0.39 is 29.7 Å². The molecule has 0 bridgehead atoms. The number of amides is 1. The summed E-state index contributed by atoms with van der Waals surface area (Å²) < 4.78 is 39.4. The summed E-state index contributed by atoms with van der Waals surface area (Å²) in [6.45, 7) is 2.35. The molecule has 1 aromatic heterocycles. The summed E-state index contributed by atoms with van der Waals surface area (Å²) in [6.07, 6.45) is -5.00. The van der Waals surface area contributed by atoms with Gasteiger partial charge in [0.2, 0.25) is 5.95 Å². The molecule has 0 radical (unpaired) electrons. The molecule has 32 heavy (non-hydrogen) atoms. The molecule has 2 heterocycles. The second-order valence-electron chi connectivity index (χ2n) is 6.76. The fourth-order valence-corrected chi connectivity index (χ4v) is 3.14. The Morgan fingerprint density at radius 3 is 2.72 bits per heavy atom. The number of carbonyl (C=O) groups excluding carboxylic acids is 1. The smallest absolute Gasteiger partial charge is 0.369 e. The number of carbonyl (C=O) groups is 1. The van der Waals surface area contributed by atoms with E-state index in [9.17, 15) is 18.0 Å². The molecule has 1 aliphatic rings. The van der Waals surface area contributed by atoms with Crippen LogP contribution in [-0.2, 0) is 4.79 Å². The van der Waals surface area contributed by atoms with Gasteiger partial charge in [0.05, 0.1) is 11.3 Å². The average molecular weight is 469 g/mol. The van der Waals surface area contributed by atoms with E-state index in [1.807, 2.05) is 13.0 Å². The van der Waals surface area contributed by atoms with Crippen LogP contribution in [0.4, 0.5) is 24.9 Å². The zero-order valence-corrected chi connectivity index (χ0v) is 17.6. The summed E-state index contributed by atoms with van der Waals surface area (Å²) in [6, 6.07) is 7.11. The molecule has 1 aromatic carbocycles. The Bertz CT molecular complexity index is 1090. The molecule has 13 heteroatoms. The largest absolute Gasteiger partial charge is 0.433 e. The number of aliphatic imine (C=N–C) groups is 1. The minimum absolute atomic E-state index is 0.0508. The number of anilines is 2. The normalized spacial score (nSPS) is 16.1. The van der Waals surface area contributed by atoms with E-state index in [1.165, 1.54) is 0 Å². The van der Waals surface area contributed by atoms with Crippen LogP contribution in [-0.4, -0.2) is 47.1 Å². The minimum Gasteiger partial charge on any atom is -0.369 e. The summed E-state index contributed by atoms with van der Waals surface area (Å²) in [4.78, 5) is 23.1. The zero-order chi connectivity index (χ0) is 23.5. The van der Waals surface area contributed by atoms with Gasteiger partial charge in [-0.2, -0.15) is 18.2 Å². The maximum atomic E-state index is 13.1.